The number of pyridine rings is 1. The molecule has 3 heterocycles. The van der Waals surface area contributed by atoms with Crippen LogP contribution in [0.1, 0.15) is 36.0 Å². The Morgan fingerprint density at radius 1 is 1.13 bits per heavy atom. The number of amides is 1. The fourth-order valence-electron chi connectivity index (χ4n) is 4.23. The number of nitrogens with zero attached hydrogens (tertiary/aromatic N) is 3. The summed E-state index contributed by atoms with van der Waals surface area (Å²) in [5, 5.41) is 5.25. The molecule has 2 atom stereocenters. The van der Waals surface area contributed by atoms with Crippen molar-refractivity contribution in [1.29, 1.82) is 0 Å². The van der Waals surface area contributed by atoms with E-state index in [-0.39, 0.29) is 12.1 Å². The van der Waals surface area contributed by atoms with Crippen molar-refractivity contribution in [2.45, 2.75) is 37.8 Å². The minimum atomic E-state index is -0.454. The van der Waals surface area contributed by atoms with Gasteiger partial charge in [-0.15, -0.1) is 0 Å². The summed E-state index contributed by atoms with van der Waals surface area (Å²) in [5.74, 6) is 0.123. The predicted molar refractivity (Wildman–Crippen MR) is 117 cm³/mol. The Kier molecular flexibility index (Phi) is 4.55. The molecule has 0 aliphatic heterocycles. The number of anilines is 1. The number of primary amides is 1. The molecule has 0 saturated heterocycles. The summed E-state index contributed by atoms with van der Waals surface area (Å²) in [5.41, 5.74) is 15.6. The number of nitrogens with two attached hydrogens (primary N) is 2. The fraction of sp³-hybridized carbons (Fsp3) is 0.273. The summed E-state index contributed by atoms with van der Waals surface area (Å²) in [4.78, 5) is 28.4. The maximum Gasteiger partial charge on any atom is 0.248 e. The molecule has 1 fully saturated rings. The van der Waals surface area contributed by atoms with Crippen LogP contribution in [-0.4, -0.2) is 37.9 Å². The number of nitrogens with one attached hydrogen (secondary N) is 2. The van der Waals surface area contributed by atoms with Crippen molar-refractivity contribution in [1.82, 2.24) is 19.9 Å². The van der Waals surface area contributed by atoms with Gasteiger partial charge in [-0.05, 0) is 25.0 Å². The van der Waals surface area contributed by atoms with Gasteiger partial charge in [0, 0.05) is 69.9 Å². The Morgan fingerprint density at radius 2 is 2.00 bits per heavy atom. The SMILES string of the molecule is NC(=O)c1ccc2c(-c3cncc4cnc(NC5CCCC[C@@H]5N)nc34)c[nH]c2c1. The number of aromatic amines is 1. The van der Waals surface area contributed by atoms with E-state index in [4.69, 9.17) is 16.5 Å². The van der Waals surface area contributed by atoms with Gasteiger partial charge in [-0.2, -0.15) is 0 Å². The van der Waals surface area contributed by atoms with Crippen molar-refractivity contribution in [3.05, 3.63) is 48.5 Å². The Morgan fingerprint density at radius 3 is 2.83 bits per heavy atom. The van der Waals surface area contributed by atoms with Gasteiger partial charge in [0.15, 0.2) is 0 Å². The number of H-pyrrole nitrogens is 1. The smallest absolute Gasteiger partial charge is 0.248 e. The number of carbonyl (C=O) groups is 1. The molecule has 8 heteroatoms. The average molecular weight is 401 g/mol. The molecule has 1 aromatic carbocycles. The Bertz CT molecular complexity index is 1250. The van der Waals surface area contributed by atoms with E-state index in [0.717, 1.165) is 52.2 Å². The maximum atomic E-state index is 11.5. The topological polar surface area (TPSA) is 136 Å². The monoisotopic (exact) mass is 401 g/mol. The van der Waals surface area contributed by atoms with E-state index >= 15 is 0 Å². The first kappa shape index (κ1) is 18.5. The molecule has 30 heavy (non-hydrogen) atoms. The predicted octanol–water partition coefficient (Wildman–Crippen LogP) is 2.95. The lowest BCUT2D eigenvalue weighted by molar-refractivity contribution is 0.100. The standard InChI is InChI=1S/C22H23N7O/c23-17-3-1-2-4-18(17)28-22-27-9-13-8-25-10-16(20(13)29-22)15-11-26-19-7-12(21(24)30)5-6-14(15)19/h5-11,17-18,26H,1-4,23H2,(H2,24,30)(H,27,28,29)/t17-,18?/m0/s1. The minimum absolute atomic E-state index is 0.114. The Balaban J connectivity index is 1.57. The summed E-state index contributed by atoms with van der Waals surface area (Å²) in [6.07, 6.45) is 11.6. The minimum Gasteiger partial charge on any atom is -0.366 e. The zero-order valence-electron chi connectivity index (χ0n) is 16.4. The maximum absolute atomic E-state index is 11.5. The van der Waals surface area contributed by atoms with E-state index < -0.39 is 5.91 Å². The molecule has 8 nitrogen and oxygen atoms in total. The molecule has 1 saturated carbocycles. The lowest BCUT2D eigenvalue weighted by Crippen LogP contribution is -2.42. The quantitative estimate of drug-likeness (QED) is 0.415. The highest BCUT2D eigenvalue weighted by molar-refractivity contribution is 6.05. The molecule has 1 amide bonds. The number of carbonyl (C=O) groups excluding carboxylic acids is 1. The van der Waals surface area contributed by atoms with Crippen LogP contribution in [0.2, 0.25) is 0 Å². The summed E-state index contributed by atoms with van der Waals surface area (Å²) < 4.78 is 0. The number of hydrogen-bond donors (Lipinski definition) is 4. The van der Waals surface area contributed by atoms with Crippen LogP contribution in [0.15, 0.2) is 43.0 Å². The van der Waals surface area contributed by atoms with Gasteiger partial charge in [-0.1, -0.05) is 18.9 Å². The molecule has 152 valence electrons. The van der Waals surface area contributed by atoms with Crippen molar-refractivity contribution in [2.24, 2.45) is 11.5 Å². The third kappa shape index (κ3) is 3.25. The van der Waals surface area contributed by atoms with Crippen LogP contribution < -0.4 is 16.8 Å². The van der Waals surface area contributed by atoms with Gasteiger partial charge in [0.05, 0.1) is 5.52 Å². The number of fused-ring (bicyclic) bond motifs is 2. The Labute approximate surface area is 173 Å². The van der Waals surface area contributed by atoms with Crippen molar-refractivity contribution < 1.29 is 4.79 Å². The van der Waals surface area contributed by atoms with Gasteiger partial charge in [0.1, 0.15) is 0 Å². The molecular formula is C22H23N7O. The first-order valence-corrected chi connectivity index (χ1v) is 10.1. The summed E-state index contributed by atoms with van der Waals surface area (Å²) in [6.45, 7) is 0. The lowest BCUT2D eigenvalue weighted by atomic mass is 9.91. The molecule has 0 spiro atoms. The molecule has 1 aliphatic carbocycles. The van der Waals surface area contributed by atoms with Crippen LogP contribution in [0, 0.1) is 0 Å². The van der Waals surface area contributed by atoms with Gasteiger partial charge >= 0.3 is 0 Å². The van der Waals surface area contributed by atoms with Crippen molar-refractivity contribution >= 4 is 33.7 Å². The van der Waals surface area contributed by atoms with Crippen LogP contribution in [0.4, 0.5) is 5.95 Å². The van der Waals surface area contributed by atoms with Gasteiger partial charge in [0.25, 0.3) is 0 Å². The largest absolute Gasteiger partial charge is 0.366 e. The van der Waals surface area contributed by atoms with E-state index in [1.165, 1.54) is 6.42 Å². The highest BCUT2D eigenvalue weighted by Crippen LogP contribution is 2.33. The second-order valence-corrected chi connectivity index (χ2v) is 7.84. The van der Waals surface area contributed by atoms with E-state index in [9.17, 15) is 4.79 Å². The number of aromatic nitrogens is 4. The second kappa shape index (κ2) is 7.38. The number of rotatable bonds is 4. The zero-order chi connectivity index (χ0) is 20.7. The van der Waals surface area contributed by atoms with Crippen LogP contribution in [0.25, 0.3) is 32.9 Å². The molecule has 5 rings (SSSR count). The van der Waals surface area contributed by atoms with Crippen LogP contribution in [0.5, 0.6) is 0 Å². The average Bonchev–Trinajstić information content (AvgIpc) is 3.18. The highest BCUT2D eigenvalue weighted by atomic mass is 16.1. The first-order chi connectivity index (χ1) is 14.6. The summed E-state index contributed by atoms with van der Waals surface area (Å²) in [7, 11) is 0. The molecule has 0 radical (unpaired) electrons. The van der Waals surface area contributed by atoms with Gasteiger partial charge in [-0.3, -0.25) is 9.78 Å². The first-order valence-electron chi connectivity index (χ1n) is 10.1. The van der Waals surface area contributed by atoms with Crippen molar-refractivity contribution in [3.8, 4) is 11.1 Å². The van der Waals surface area contributed by atoms with E-state index in [0.29, 0.717) is 11.5 Å². The van der Waals surface area contributed by atoms with Gasteiger partial charge < -0.3 is 21.8 Å². The fourth-order valence-corrected chi connectivity index (χ4v) is 4.23. The van der Waals surface area contributed by atoms with Crippen LogP contribution >= 0.6 is 0 Å². The van der Waals surface area contributed by atoms with Crippen LogP contribution in [0.3, 0.4) is 0 Å². The van der Waals surface area contributed by atoms with Gasteiger partial charge in [-0.25, -0.2) is 9.97 Å². The summed E-state index contributed by atoms with van der Waals surface area (Å²) in [6, 6.07) is 5.67. The molecule has 3 aromatic heterocycles. The highest BCUT2D eigenvalue weighted by Gasteiger charge is 2.22. The van der Waals surface area contributed by atoms with Crippen LogP contribution in [-0.2, 0) is 0 Å². The molecule has 0 bridgehead atoms. The Hall–Kier alpha value is -3.52. The van der Waals surface area contributed by atoms with Crippen molar-refractivity contribution in [3.63, 3.8) is 0 Å². The molecule has 4 aromatic rings. The molecule has 1 unspecified atom stereocenters. The molecule has 1 aliphatic rings. The number of benzene rings is 1. The second-order valence-electron chi connectivity index (χ2n) is 7.84. The van der Waals surface area contributed by atoms with Crippen molar-refractivity contribution in [2.75, 3.05) is 5.32 Å². The van der Waals surface area contributed by atoms with E-state index in [1.54, 1.807) is 30.7 Å². The van der Waals surface area contributed by atoms with E-state index in [1.807, 2.05) is 12.3 Å². The molecule has 6 N–H and O–H groups in total. The lowest BCUT2D eigenvalue weighted by Gasteiger charge is -2.29. The summed E-state index contributed by atoms with van der Waals surface area (Å²) >= 11 is 0. The molecular weight excluding hydrogens is 378 g/mol. The van der Waals surface area contributed by atoms with E-state index in [2.05, 4.69) is 20.3 Å². The third-order valence-corrected chi connectivity index (χ3v) is 5.88. The third-order valence-electron chi connectivity index (χ3n) is 5.88. The van der Waals surface area contributed by atoms with Gasteiger partial charge in [0.2, 0.25) is 11.9 Å². The normalized spacial score (nSPS) is 19.2. The number of hydrogen-bond acceptors (Lipinski definition) is 6. The zero-order valence-corrected chi connectivity index (χ0v) is 16.4.